The maximum Gasteiger partial charge on any atom is 0.161 e. The molecule has 1 heterocycles. The van der Waals surface area contributed by atoms with Crippen LogP contribution in [0.15, 0.2) is 24.8 Å². The molecule has 0 radical (unpaired) electrons. The van der Waals surface area contributed by atoms with E-state index in [-0.39, 0.29) is 5.54 Å². The molecule has 18 heavy (non-hydrogen) atoms. The van der Waals surface area contributed by atoms with Gasteiger partial charge in [0, 0.05) is 12.1 Å². The molecular formula is C15H21NO2. The van der Waals surface area contributed by atoms with Crippen LogP contribution in [0.3, 0.4) is 0 Å². The summed E-state index contributed by atoms with van der Waals surface area (Å²) in [6, 6.07) is 4.18. The Morgan fingerprint density at radius 2 is 2.00 bits per heavy atom. The highest BCUT2D eigenvalue weighted by atomic mass is 16.5. The Morgan fingerprint density at radius 3 is 2.61 bits per heavy atom. The van der Waals surface area contributed by atoms with Crippen LogP contribution in [0.2, 0.25) is 0 Å². The molecule has 1 atom stereocenters. The summed E-state index contributed by atoms with van der Waals surface area (Å²) < 4.78 is 10.8. The first-order chi connectivity index (χ1) is 8.64. The first-order valence-corrected chi connectivity index (χ1v) is 6.26. The van der Waals surface area contributed by atoms with Gasteiger partial charge < -0.3 is 14.8 Å². The highest BCUT2D eigenvalue weighted by Crippen LogP contribution is 2.38. The van der Waals surface area contributed by atoms with Crippen molar-refractivity contribution in [3.05, 3.63) is 35.9 Å². The molecule has 1 aromatic carbocycles. The Labute approximate surface area is 109 Å². The number of methoxy groups -OCH3 is 2. The topological polar surface area (TPSA) is 30.5 Å². The lowest BCUT2D eigenvalue weighted by molar-refractivity contribution is 0.333. The summed E-state index contributed by atoms with van der Waals surface area (Å²) in [5, 5.41) is 3.57. The summed E-state index contributed by atoms with van der Waals surface area (Å²) in [6.07, 6.45) is 3.87. The third-order valence-electron chi connectivity index (χ3n) is 3.67. The summed E-state index contributed by atoms with van der Waals surface area (Å²) in [6.45, 7) is 7.04. The van der Waals surface area contributed by atoms with E-state index in [1.54, 1.807) is 14.2 Å². The Kier molecular flexibility index (Phi) is 3.62. The monoisotopic (exact) mass is 247 g/mol. The van der Waals surface area contributed by atoms with Gasteiger partial charge in [-0.15, -0.1) is 6.58 Å². The summed E-state index contributed by atoms with van der Waals surface area (Å²) >= 11 is 0. The molecule has 98 valence electrons. The minimum absolute atomic E-state index is 0.0606. The molecule has 1 aliphatic heterocycles. The first kappa shape index (κ1) is 13.0. The summed E-state index contributed by atoms with van der Waals surface area (Å²) in [5.41, 5.74) is 2.55. The van der Waals surface area contributed by atoms with Crippen LogP contribution in [0.4, 0.5) is 0 Å². The lowest BCUT2D eigenvalue weighted by Gasteiger charge is -2.37. The van der Waals surface area contributed by atoms with Gasteiger partial charge in [0.2, 0.25) is 0 Å². The van der Waals surface area contributed by atoms with Gasteiger partial charge in [0.25, 0.3) is 0 Å². The van der Waals surface area contributed by atoms with Crippen molar-refractivity contribution >= 4 is 0 Å². The number of benzene rings is 1. The van der Waals surface area contributed by atoms with Gasteiger partial charge in [-0.1, -0.05) is 6.08 Å². The van der Waals surface area contributed by atoms with Crippen molar-refractivity contribution in [3.8, 4) is 11.5 Å². The average molecular weight is 247 g/mol. The van der Waals surface area contributed by atoms with E-state index in [4.69, 9.17) is 9.47 Å². The van der Waals surface area contributed by atoms with Crippen molar-refractivity contribution < 1.29 is 9.47 Å². The zero-order valence-corrected chi connectivity index (χ0v) is 11.4. The highest BCUT2D eigenvalue weighted by molar-refractivity contribution is 5.50. The van der Waals surface area contributed by atoms with E-state index in [0.717, 1.165) is 30.9 Å². The molecule has 0 aromatic heterocycles. The fraction of sp³-hybridized carbons (Fsp3) is 0.467. The van der Waals surface area contributed by atoms with Gasteiger partial charge >= 0.3 is 0 Å². The lowest BCUT2D eigenvalue weighted by atomic mass is 9.81. The predicted molar refractivity (Wildman–Crippen MR) is 73.4 cm³/mol. The second-order valence-corrected chi connectivity index (χ2v) is 4.87. The van der Waals surface area contributed by atoms with E-state index in [1.807, 2.05) is 6.08 Å². The van der Waals surface area contributed by atoms with Crippen molar-refractivity contribution in [1.29, 1.82) is 0 Å². The minimum atomic E-state index is -0.0606. The summed E-state index contributed by atoms with van der Waals surface area (Å²) in [5.74, 6) is 1.59. The molecule has 2 rings (SSSR count). The summed E-state index contributed by atoms with van der Waals surface area (Å²) in [7, 11) is 3.35. The fourth-order valence-corrected chi connectivity index (χ4v) is 2.68. The van der Waals surface area contributed by atoms with Crippen LogP contribution < -0.4 is 14.8 Å². The third-order valence-corrected chi connectivity index (χ3v) is 3.67. The van der Waals surface area contributed by atoms with Crippen LogP contribution in [0, 0.1) is 0 Å². The quantitative estimate of drug-likeness (QED) is 0.830. The van der Waals surface area contributed by atoms with Crippen LogP contribution in [0.1, 0.15) is 24.5 Å². The lowest BCUT2D eigenvalue weighted by Crippen LogP contribution is -2.44. The number of hydrogen-bond acceptors (Lipinski definition) is 3. The van der Waals surface area contributed by atoms with E-state index in [0.29, 0.717) is 0 Å². The van der Waals surface area contributed by atoms with Gasteiger partial charge in [-0.05, 0) is 43.0 Å². The second kappa shape index (κ2) is 5.02. The molecule has 0 fully saturated rings. The largest absolute Gasteiger partial charge is 0.493 e. The van der Waals surface area contributed by atoms with Gasteiger partial charge in [-0.25, -0.2) is 0 Å². The standard InChI is InChI=1S/C15H21NO2/c1-5-7-15(2)12-10-14(18-4)13(17-3)9-11(12)6-8-16-15/h5,9-10,16H,1,6-8H2,2-4H3. The van der Waals surface area contributed by atoms with Gasteiger partial charge in [-0.2, -0.15) is 0 Å². The zero-order valence-electron chi connectivity index (χ0n) is 11.4. The number of rotatable bonds is 4. The molecule has 3 heteroatoms. The Hall–Kier alpha value is -1.48. The molecule has 3 nitrogen and oxygen atoms in total. The molecule has 1 aromatic rings. The van der Waals surface area contributed by atoms with Gasteiger partial charge in [0.15, 0.2) is 11.5 Å². The Morgan fingerprint density at radius 1 is 1.33 bits per heavy atom. The second-order valence-electron chi connectivity index (χ2n) is 4.87. The van der Waals surface area contributed by atoms with Crippen molar-refractivity contribution in [3.63, 3.8) is 0 Å². The van der Waals surface area contributed by atoms with Gasteiger partial charge in [0.1, 0.15) is 0 Å². The highest BCUT2D eigenvalue weighted by Gasteiger charge is 2.31. The van der Waals surface area contributed by atoms with E-state index in [9.17, 15) is 0 Å². The average Bonchev–Trinajstić information content (AvgIpc) is 2.38. The molecule has 1 N–H and O–H groups in total. The molecule has 1 unspecified atom stereocenters. The van der Waals surface area contributed by atoms with Crippen LogP contribution in [-0.4, -0.2) is 20.8 Å². The van der Waals surface area contributed by atoms with Crippen molar-refractivity contribution in [1.82, 2.24) is 5.32 Å². The third kappa shape index (κ3) is 2.10. The van der Waals surface area contributed by atoms with Crippen LogP contribution in [-0.2, 0) is 12.0 Å². The Bertz CT molecular complexity index is 456. The minimum Gasteiger partial charge on any atom is -0.493 e. The van der Waals surface area contributed by atoms with E-state index < -0.39 is 0 Å². The van der Waals surface area contributed by atoms with E-state index in [1.165, 1.54) is 11.1 Å². The number of ether oxygens (including phenoxy) is 2. The first-order valence-electron chi connectivity index (χ1n) is 6.26. The molecular weight excluding hydrogens is 226 g/mol. The number of nitrogens with one attached hydrogen (secondary N) is 1. The maximum atomic E-state index is 5.40. The van der Waals surface area contributed by atoms with Gasteiger partial charge in [0.05, 0.1) is 14.2 Å². The molecule has 0 aliphatic carbocycles. The molecule has 0 bridgehead atoms. The summed E-state index contributed by atoms with van der Waals surface area (Å²) in [4.78, 5) is 0. The Balaban J connectivity index is 2.53. The number of hydrogen-bond donors (Lipinski definition) is 1. The fourth-order valence-electron chi connectivity index (χ4n) is 2.68. The maximum absolute atomic E-state index is 5.40. The molecule has 1 aliphatic rings. The number of fused-ring (bicyclic) bond motifs is 1. The molecule has 0 saturated carbocycles. The zero-order chi connectivity index (χ0) is 13.2. The van der Waals surface area contributed by atoms with Crippen LogP contribution >= 0.6 is 0 Å². The smallest absolute Gasteiger partial charge is 0.161 e. The van der Waals surface area contributed by atoms with Crippen LogP contribution in [0.5, 0.6) is 11.5 Å². The molecule has 0 amide bonds. The van der Waals surface area contributed by atoms with Gasteiger partial charge in [-0.3, -0.25) is 0 Å². The van der Waals surface area contributed by atoms with Crippen LogP contribution in [0.25, 0.3) is 0 Å². The SMILES string of the molecule is C=CCC1(C)NCCc2cc(OC)c(OC)cc21. The molecule has 0 saturated heterocycles. The normalized spacial score (nSPS) is 22.2. The van der Waals surface area contributed by atoms with Crippen molar-refractivity contribution in [2.45, 2.75) is 25.3 Å². The predicted octanol–water partition coefficient (Wildman–Crippen LogP) is 2.64. The molecule has 0 spiro atoms. The van der Waals surface area contributed by atoms with E-state index >= 15 is 0 Å². The van der Waals surface area contributed by atoms with E-state index in [2.05, 4.69) is 31.0 Å². The van der Waals surface area contributed by atoms with Crippen molar-refractivity contribution in [2.24, 2.45) is 0 Å². The van der Waals surface area contributed by atoms with Crippen molar-refractivity contribution in [2.75, 3.05) is 20.8 Å².